The minimum Gasteiger partial charge on any atom is -0.460 e. The van der Waals surface area contributed by atoms with E-state index in [0.717, 1.165) is 18.4 Å². The molecule has 11 heteroatoms. The molecule has 11 nitrogen and oxygen atoms in total. The third kappa shape index (κ3) is 12.2. The molecule has 2 amide bonds. The molecule has 0 aliphatic heterocycles. The molecule has 4 N–H and O–H groups in total. The summed E-state index contributed by atoms with van der Waals surface area (Å²) < 4.78 is 5.19. The van der Waals surface area contributed by atoms with Crippen LogP contribution in [0.1, 0.15) is 69.3 Å². The summed E-state index contributed by atoms with van der Waals surface area (Å²) in [6.07, 6.45) is 7.33. The number of nitrogens with zero attached hydrogens (tertiary/aromatic N) is 3. The number of rotatable bonds is 15. The molecule has 0 aliphatic rings. The van der Waals surface area contributed by atoms with Crippen molar-refractivity contribution in [3.63, 3.8) is 0 Å². The molecule has 0 radical (unpaired) electrons. The number of nitrogens with one attached hydrogen (secondary N) is 4. The highest BCUT2D eigenvalue weighted by atomic mass is 16.6. The Morgan fingerprint density at radius 2 is 1.68 bits per heavy atom. The van der Waals surface area contributed by atoms with Gasteiger partial charge in [-0.2, -0.15) is 4.98 Å². The predicted molar refractivity (Wildman–Crippen MR) is 142 cm³/mol. The van der Waals surface area contributed by atoms with Gasteiger partial charge in [0, 0.05) is 51.2 Å². The lowest BCUT2D eigenvalue weighted by molar-refractivity contribution is -0.155. The van der Waals surface area contributed by atoms with E-state index in [1.165, 1.54) is 6.20 Å². The molecule has 2 aromatic rings. The smallest absolute Gasteiger partial charge is 0.306 e. The van der Waals surface area contributed by atoms with E-state index in [1.807, 2.05) is 19.1 Å². The molecule has 37 heavy (non-hydrogen) atoms. The van der Waals surface area contributed by atoms with Crippen molar-refractivity contribution in [1.29, 1.82) is 0 Å². The molecule has 0 aliphatic carbocycles. The summed E-state index contributed by atoms with van der Waals surface area (Å²) in [4.78, 5) is 49.2. The number of esters is 1. The van der Waals surface area contributed by atoms with Crippen molar-refractivity contribution in [2.24, 2.45) is 0 Å². The first kappa shape index (κ1) is 29.5. The molecule has 0 aromatic carbocycles. The van der Waals surface area contributed by atoms with Crippen LogP contribution in [0, 0.1) is 0 Å². The van der Waals surface area contributed by atoms with Gasteiger partial charge in [0.05, 0.1) is 6.42 Å². The van der Waals surface area contributed by atoms with E-state index >= 15 is 0 Å². The van der Waals surface area contributed by atoms with E-state index in [1.54, 1.807) is 33.2 Å². The highest BCUT2D eigenvalue weighted by Gasteiger charge is 2.17. The van der Waals surface area contributed by atoms with E-state index in [4.69, 9.17) is 4.74 Å². The fourth-order valence-corrected chi connectivity index (χ4v) is 3.19. The van der Waals surface area contributed by atoms with Gasteiger partial charge in [-0.15, -0.1) is 0 Å². The summed E-state index contributed by atoms with van der Waals surface area (Å²) in [5, 5.41) is 12.0. The van der Waals surface area contributed by atoms with Crippen molar-refractivity contribution in [3.8, 4) is 0 Å². The van der Waals surface area contributed by atoms with Gasteiger partial charge in [0.2, 0.25) is 11.9 Å². The van der Waals surface area contributed by atoms with Crippen LogP contribution in [-0.4, -0.2) is 64.5 Å². The van der Waals surface area contributed by atoms with Crippen LogP contribution in [-0.2, 0) is 20.7 Å². The summed E-state index contributed by atoms with van der Waals surface area (Å²) in [5.74, 6) is -0.0176. The van der Waals surface area contributed by atoms with Gasteiger partial charge in [-0.25, -0.2) is 4.98 Å². The predicted octanol–water partition coefficient (Wildman–Crippen LogP) is 2.71. The lowest BCUT2D eigenvalue weighted by Gasteiger charge is -2.19. The first-order chi connectivity index (χ1) is 17.7. The maximum atomic E-state index is 12.7. The maximum absolute atomic E-state index is 12.7. The SMILES string of the molecule is CCCNc1nc(NCCc2ccncc2)ncc1C(=O)NCCCNC(=O)CCC(=O)OC(C)(C)C. The van der Waals surface area contributed by atoms with Gasteiger partial charge in [-0.1, -0.05) is 6.92 Å². The fraction of sp³-hybridized carbons (Fsp3) is 0.538. The highest BCUT2D eigenvalue weighted by Crippen LogP contribution is 2.14. The van der Waals surface area contributed by atoms with Crippen LogP contribution in [0.5, 0.6) is 0 Å². The van der Waals surface area contributed by atoms with Crippen LogP contribution < -0.4 is 21.3 Å². The number of anilines is 2. The molecular weight excluding hydrogens is 474 g/mol. The van der Waals surface area contributed by atoms with Gasteiger partial charge in [0.15, 0.2) is 0 Å². The number of ether oxygens (including phenoxy) is 1. The molecule has 0 atom stereocenters. The lowest BCUT2D eigenvalue weighted by Crippen LogP contribution is -2.31. The molecule has 2 heterocycles. The van der Waals surface area contributed by atoms with Crippen LogP contribution >= 0.6 is 0 Å². The van der Waals surface area contributed by atoms with Crippen LogP contribution in [0.15, 0.2) is 30.7 Å². The Labute approximate surface area is 218 Å². The molecule has 0 saturated heterocycles. The molecule has 2 rings (SSSR count). The molecule has 0 bridgehead atoms. The van der Waals surface area contributed by atoms with Gasteiger partial charge in [0.25, 0.3) is 5.91 Å². The molecule has 2 aromatic heterocycles. The first-order valence-electron chi connectivity index (χ1n) is 12.7. The summed E-state index contributed by atoms with van der Waals surface area (Å²) in [6, 6.07) is 3.92. The van der Waals surface area contributed by atoms with Crippen molar-refractivity contribution >= 4 is 29.5 Å². The summed E-state index contributed by atoms with van der Waals surface area (Å²) in [6.45, 7) is 9.44. The number of carbonyl (C=O) groups is 3. The summed E-state index contributed by atoms with van der Waals surface area (Å²) in [5.41, 5.74) is 0.941. The molecular formula is C26H39N7O4. The molecule has 0 spiro atoms. The Morgan fingerprint density at radius 3 is 2.38 bits per heavy atom. The molecule has 0 saturated carbocycles. The second-order valence-electron chi connectivity index (χ2n) is 9.46. The van der Waals surface area contributed by atoms with Crippen molar-refractivity contribution in [2.45, 2.75) is 65.4 Å². The number of hydrogen-bond acceptors (Lipinski definition) is 9. The van der Waals surface area contributed by atoms with Crippen molar-refractivity contribution in [2.75, 3.05) is 36.8 Å². The topological polar surface area (TPSA) is 147 Å². The van der Waals surface area contributed by atoms with Gasteiger partial charge < -0.3 is 26.0 Å². The lowest BCUT2D eigenvalue weighted by atomic mass is 10.2. The number of amides is 2. The summed E-state index contributed by atoms with van der Waals surface area (Å²) >= 11 is 0. The second-order valence-corrected chi connectivity index (χ2v) is 9.46. The second kappa shape index (κ2) is 15.4. The Hall–Kier alpha value is -3.76. The van der Waals surface area contributed by atoms with Crippen LogP contribution in [0.25, 0.3) is 0 Å². The Balaban J connectivity index is 1.76. The Kier molecular flexibility index (Phi) is 12.2. The average Bonchev–Trinajstić information content (AvgIpc) is 2.85. The van der Waals surface area contributed by atoms with Gasteiger partial charge in [-0.05, 0) is 57.7 Å². The zero-order valence-electron chi connectivity index (χ0n) is 22.2. The number of carbonyl (C=O) groups excluding carboxylic acids is 3. The number of aromatic nitrogens is 3. The van der Waals surface area contributed by atoms with Crippen LogP contribution in [0.4, 0.5) is 11.8 Å². The monoisotopic (exact) mass is 513 g/mol. The van der Waals surface area contributed by atoms with Crippen molar-refractivity contribution < 1.29 is 19.1 Å². The quantitative estimate of drug-likeness (QED) is 0.208. The zero-order chi connectivity index (χ0) is 27.1. The van der Waals surface area contributed by atoms with E-state index in [0.29, 0.717) is 49.9 Å². The average molecular weight is 514 g/mol. The maximum Gasteiger partial charge on any atom is 0.306 e. The third-order valence-electron chi connectivity index (χ3n) is 4.96. The minimum atomic E-state index is -0.569. The van der Waals surface area contributed by atoms with E-state index in [9.17, 15) is 14.4 Å². The van der Waals surface area contributed by atoms with Gasteiger partial charge >= 0.3 is 5.97 Å². The number of pyridine rings is 1. The van der Waals surface area contributed by atoms with Crippen molar-refractivity contribution in [1.82, 2.24) is 25.6 Å². The molecule has 202 valence electrons. The molecule has 0 unspecified atom stereocenters. The van der Waals surface area contributed by atoms with E-state index in [-0.39, 0.29) is 24.7 Å². The fourth-order valence-electron chi connectivity index (χ4n) is 3.19. The Morgan fingerprint density at radius 1 is 0.946 bits per heavy atom. The van der Waals surface area contributed by atoms with E-state index in [2.05, 4.69) is 36.2 Å². The standard InChI is InChI=1S/C26H39N7O4/c1-5-12-29-23-20(18-32-25(33-23)31-17-11-19-9-15-27-16-10-19)24(36)30-14-6-13-28-21(34)7-8-22(35)37-26(2,3)4/h9-10,15-16,18H,5-8,11-14,17H2,1-4H3,(H,28,34)(H,30,36)(H2,29,31,32,33). The largest absolute Gasteiger partial charge is 0.460 e. The first-order valence-corrected chi connectivity index (χ1v) is 12.7. The zero-order valence-corrected chi connectivity index (χ0v) is 22.2. The van der Waals surface area contributed by atoms with Gasteiger partial charge in [0.1, 0.15) is 17.0 Å². The third-order valence-corrected chi connectivity index (χ3v) is 4.96. The Bertz CT molecular complexity index is 1010. The minimum absolute atomic E-state index is 0.0297. The van der Waals surface area contributed by atoms with E-state index < -0.39 is 11.6 Å². The molecule has 0 fully saturated rings. The normalized spacial score (nSPS) is 10.9. The summed E-state index contributed by atoms with van der Waals surface area (Å²) in [7, 11) is 0. The number of hydrogen-bond donors (Lipinski definition) is 4. The highest BCUT2D eigenvalue weighted by molar-refractivity contribution is 5.98. The van der Waals surface area contributed by atoms with Crippen molar-refractivity contribution in [3.05, 3.63) is 41.9 Å². The van der Waals surface area contributed by atoms with Gasteiger partial charge in [-0.3, -0.25) is 19.4 Å². The van der Waals surface area contributed by atoms with Crippen LogP contribution in [0.2, 0.25) is 0 Å². The van der Waals surface area contributed by atoms with Crippen LogP contribution in [0.3, 0.4) is 0 Å².